The van der Waals surface area contributed by atoms with Crippen LogP contribution in [0.25, 0.3) is 17.4 Å². The molecule has 8 nitrogen and oxygen atoms in total. The number of hydrogen-bond donors (Lipinski definition) is 1. The molecule has 4 aromatic rings. The fourth-order valence-electron chi connectivity index (χ4n) is 2.81. The molecule has 1 N–H and O–H groups in total. The zero-order chi connectivity index (χ0) is 19.5. The van der Waals surface area contributed by atoms with Crippen LogP contribution in [0.4, 0.5) is 0 Å². The van der Waals surface area contributed by atoms with Gasteiger partial charge in [0.1, 0.15) is 5.69 Å². The van der Waals surface area contributed by atoms with Crippen molar-refractivity contribution in [1.82, 2.24) is 30.0 Å². The number of pyridine rings is 1. The molecular formula is C20H18N6O2. The molecule has 0 saturated carbocycles. The van der Waals surface area contributed by atoms with E-state index in [1.165, 1.54) is 10.9 Å². The van der Waals surface area contributed by atoms with Crippen molar-refractivity contribution in [3.8, 4) is 17.4 Å². The third-order valence-corrected chi connectivity index (χ3v) is 4.24. The Kier molecular flexibility index (Phi) is 4.67. The molecule has 8 heteroatoms. The third kappa shape index (κ3) is 3.52. The van der Waals surface area contributed by atoms with Gasteiger partial charge in [0.15, 0.2) is 5.76 Å². The van der Waals surface area contributed by atoms with E-state index in [1.54, 1.807) is 31.5 Å². The molecule has 4 heterocycles. The summed E-state index contributed by atoms with van der Waals surface area (Å²) in [6.45, 7) is 4.06. The minimum atomic E-state index is -0.228. The van der Waals surface area contributed by atoms with Gasteiger partial charge in [-0.25, -0.2) is 14.6 Å². The quantitative estimate of drug-likeness (QED) is 0.577. The molecule has 0 aliphatic carbocycles. The van der Waals surface area contributed by atoms with Crippen LogP contribution in [-0.2, 0) is 6.54 Å². The Balaban J connectivity index is 1.54. The number of aromatic nitrogens is 5. The van der Waals surface area contributed by atoms with Crippen LogP contribution in [0.3, 0.4) is 0 Å². The maximum atomic E-state index is 12.6. The minimum Gasteiger partial charge on any atom is -0.463 e. The lowest BCUT2D eigenvalue weighted by atomic mass is 10.2. The number of nitrogens with one attached hydrogen (secondary N) is 1. The summed E-state index contributed by atoms with van der Waals surface area (Å²) in [5.74, 6) is 0.775. The molecule has 4 aromatic heterocycles. The van der Waals surface area contributed by atoms with Crippen LogP contribution in [-0.4, -0.2) is 30.6 Å². The second-order valence-electron chi connectivity index (χ2n) is 6.23. The average molecular weight is 374 g/mol. The monoisotopic (exact) mass is 374 g/mol. The van der Waals surface area contributed by atoms with E-state index in [0.717, 1.165) is 11.4 Å². The predicted octanol–water partition coefficient (Wildman–Crippen LogP) is 2.86. The molecule has 0 unspecified atom stereocenters. The summed E-state index contributed by atoms with van der Waals surface area (Å²) >= 11 is 0. The van der Waals surface area contributed by atoms with Gasteiger partial charge in [0.2, 0.25) is 0 Å². The van der Waals surface area contributed by atoms with E-state index in [1.807, 2.05) is 31.2 Å². The first-order valence-corrected chi connectivity index (χ1v) is 8.74. The Hall–Kier alpha value is -3.81. The van der Waals surface area contributed by atoms with Crippen molar-refractivity contribution in [1.29, 1.82) is 0 Å². The summed E-state index contributed by atoms with van der Waals surface area (Å²) in [6.07, 6.45) is 4.73. The van der Waals surface area contributed by atoms with Crippen LogP contribution in [0.2, 0.25) is 0 Å². The van der Waals surface area contributed by atoms with Gasteiger partial charge >= 0.3 is 0 Å². The zero-order valence-electron chi connectivity index (χ0n) is 15.5. The molecule has 0 saturated heterocycles. The lowest BCUT2D eigenvalue weighted by molar-refractivity contribution is 0.0949. The summed E-state index contributed by atoms with van der Waals surface area (Å²) in [6, 6.07) is 11.1. The van der Waals surface area contributed by atoms with E-state index in [4.69, 9.17) is 4.42 Å². The first-order chi connectivity index (χ1) is 13.6. The van der Waals surface area contributed by atoms with E-state index in [-0.39, 0.29) is 5.91 Å². The van der Waals surface area contributed by atoms with Crippen molar-refractivity contribution in [3.63, 3.8) is 0 Å². The SMILES string of the molecule is Cc1cccc(CNC(=O)c2cnn(-c3nccc(-c4ccco4)n3)c2C)n1. The topological polar surface area (TPSA) is 98.7 Å². The van der Waals surface area contributed by atoms with Crippen LogP contribution < -0.4 is 5.32 Å². The molecule has 28 heavy (non-hydrogen) atoms. The van der Waals surface area contributed by atoms with Gasteiger partial charge in [-0.1, -0.05) is 6.07 Å². The minimum absolute atomic E-state index is 0.228. The third-order valence-electron chi connectivity index (χ3n) is 4.24. The standard InChI is InChI=1S/C20H18N6O2/c1-13-5-3-6-15(24-13)11-22-19(27)16-12-23-26(14(16)2)20-21-9-8-17(25-20)18-7-4-10-28-18/h3-10,12H,11H2,1-2H3,(H,22,27). The van der Waals surface area contributed by atoms with Crippen molar-refractivity contribution in [2.75, 3.05) is 0 Å². The number of nitrogens with zero attached hydrogens (tertiary/aromatic N) is 5. The highest BCUT2D eigenvalue weighted by atomic mass is 16.3. The van der Waals surface area contributed by atoms with Gasteiger partial charge in [-0.05, 0) is 44.2 Å². The molecule has 0 fully saturated rings. The average Bonchev–Trinajstić information content (AvgIpc) is 3.36. The van der Waals surface area contributed by atoms with Gasteiger partial charge in [-0.2, -0.15) is 5.10 Å². The fourth-order valence-corrected chi connectivity index (χ4v) is 2.81. The Morgan fingerprint density at radius 1 is 1.14 bits per heavy atom. The summed E-state index contributed by atoms with van der Waals surface area (Å²) in [5, 5.41) is 7.15. The summed E-state index contributed by atoms with van der Waals surface area (Å²) < 4.78 is 6.91. The van der Waals surface area contributed by atoms with Gasteiger partial charge in [0.25, 0.3) is 11.9 Å². The molecule has 140 valence electrons. The number of carbonyl (C=O) groups excluding carboxylic acids is 1. The second kappa shape index (κ2) is 7.43. The highest BCUT2D eigenvalue weighted by molar-refractivity contribution is 5.95. The molecule has 0 aromatic carbocycles. The van der Waals surface area contributed by atoms with E-state index < -0.39 is 0 Å². The van der Waals surface area contributed by atoms with E-state index in [9.17, 15) is 4.79 Å². The lowest BCUT2D eigenvalue weighted by Gasteiger charge is -2.06. The van der Waals surface area contributed by atoms with E-state index >= 15 is 0 Å². The first kappa shape index (κ1) is 17.6. The molecule has 0 radical (unpaired) electrons. The van der Waals surface area contributed by atoms with Crippen molar-refractivity contribution >= 4 is 5.91 Å². The van der Waals surface area contributed by atoms with Crippen LogP contribution in [0.15, 0.2) is 59.5 Å². The van der Waals surface area contributed by atoms with Crippen molar-refractivity contribution < 1.29 is 9.21 Å². The maximum Gasteiger partial charge on any atom is 0.255 e. The summed E-state index contributed by atoms with van der Waals surface area (Å²) in [4.78, 5) is 25.7. The largest absolute Gasteiger partial charge is 0.463 e. The lowest BCUT2D eigenvalue weighted by Crippen LogP contribution is -2.24. The Morgan fingerprint density at radius 3 is 2.82 bits per heavy atom. The van der Waals surface area contributed by atoms with Gasteiger partial charge in [-0.15, -0.1) is 0 Å². The van der Waals surface area contributed by atoms with Crippen LogP contribution in [0, 0.1) is 13.8 Å². The van der Waals surface area contributed by atoms with Crippen molar-refractivity contribution in [3.05, 3.63) is 77.7 Å². The molecule has 0 atom stereocenters. The van der Waals surface area contributed by atoms with Crippen LogP contribution >= 0.6 is 0 Å². The molecular weight excluding hydrogens is 356 g/mol. The number of carbonyl (C=O) groups is 1. The summed E-state index contributed by atoms with van der Waals surface area (Å²) in [7, 11) is 0. The molecule has 0 aliphatic rings. The smallest absolute Gasteiger partial charge is 0.255 e. The number of hydrogen-bond acceptors (Lipinski definition) is 6. The number of rotatable bonds is 5. The normalized spacial score (nSPS) is 10.8. The van der Waals surface area contributed by atoms with E-state index in [2.05, 4.69) is 25.4 Å². The molecule has 1 amide bonds. The zero-order valence-corrected chi connectivity index (χ0v) is 15.5. The molecule has 0 bridgehead atoms. The van der Waals surface area contributed by atoms with Crippen molar-refractivity contribution in [2.24, 2.45) is 0 Å². The highest BCUT2D eigenvalue weighted by Gasteiger charge is 2.17. The number of amides is 1. The fraction of sp³-hybridized carbons (Fsp3) is 0.150. The Bertz CT molecular complexity index is 1120. The highest BCUT2D eigenvalue weighted by Crippen LogP contribution is 2.18. The Morgan fingerprint density at radius 2 is 2.04 bits per heavy atom. The second-order valence-corrected chi connectivity index (χ2v) is 6.23. The van der Waals surface area contributed by atoms with Crippen LogP contribution in [0.5, 0.6) is 0 Å². The van der Waals surface area contributed by atoms with Gasteiger partial charge in [0, 0.05) is 11.9 Å². The predicted molar refractivity (Wildman–Crippen MR) is 102 cm³/mol. The van der Waals surface area contributed by atoms with Gasteiger partial charge in [-0.3, -0.25) is 9.78 Å². The van der Waals surface area contributed by atoms with Gasteiger partial charge in [0.05, 0.1) is 36.0 Å². The first-order valence-electron chi connectivity index (χ1n) is 8.74. The van der Waals surface area contributed by atoms with Crippen LogP contribution in [0.1, 0.15) is 27.4 Å². The Labute approximate surface area is 161 Å². The van der Waals surface area contributed by atoms with Crippen molar-refractivity contribution in [2.45, 2.75) is 20.4 Å². The maximum absolute atomic E-state index is 12.6. The number of aryl methyl sites for hydroxylation is 1. The van der Waals surface area contributed by atoms with Gasteiger partial charge < -0.3 is 9.73 Å². The molecule has 4 rings (SSSR count). The molecule has 0 spiro atoms. The molecule has 0 aliphatic heterocycles. The summed E-state index contributed by atoms with van der Waals surface area (Å²) in [5.41, 5.74) is 3.45. The van der Waals surface area contributed by atoms with E-state index in [0.29, 0.717) is 35.2 Å². The number of furan rings is 1.